The van der Waals surface area contributed by atoms with Crippen molar-refractivity contribution in [3.8, 4) is 6.07 Å². The molecule has 1 rings (SSSR count). The fourth-order valence-corrected chi connectivity index (χ4v) is 0.875. The summed E-state index contributed by atoms with van der Waals surface area (Å²) < 4.78 is 24.6. The third kappa shape index (κ3) is 1.49. The first-order valence-electron chi connectivity index (χ1n) is 3.30. The zero-order valence-electron chi connectivity index (χ0n) is 6.46. The lowest BCUT2D eigenvalue weighted by atomic mass is 10.1. The fourth-order valence-electron chi connectivity index (χ4n) is 0.875. The van der Waals surface area contributed by atoms with Gasteiger partial charge in [-0.05, 0) is 0 Å². The number of hydrogen-bond donors (Lipinski definition) is 2. The number of rotatable bonds is 1. The Morgan fingerprint density at radius 3 is 2.54 bits per heavy atom. The van der Waals surface area contributed by atoms with E-state index in [4.69, 9.17) is 16.7 Å². The van der Waals surface area contributed by atoms with Crippen LogP contribution in [0.1, 0.15) is 17.6 Å². The second-order valence-corrected chi connectivity index (χ2v) is 2.30. The van der Waals surface area contributed by atoms with Crippen LogP contribution >= 0.6 is 0 Å². The summed E-state index contributed by atoms with van der Waals surface area (Å²) in [4.78, 5) is 3.43. The van der Waals surface area contributed by atoms with Gasteiger partial charge < -0.3 is 11.5 Å². The maximum Gasteiger partial charge on any atom is 0.269 e. The second-order valence-electron chi connectivity index (χ2n) is 2.30. The second kappa shape index (κ2) is 3.23. The van der Waals surface area contributed by atoms with Gasteiger partial charge in [-0.1, -0.05) is 0 Å². The predicted molar refractivity (Wildman–Crippen MR) is 42.7 cm³/mol. The predicted octanol–water partition coefficient (Wildman–Crippen LogP) is 1.06. The molecule has 0 aliphatic heterocycles. The summed E-state index contributed by atoms with van der Waals surface area (Å²) >= 11 is 0. The van der Waals surface area contributed by atoms with Crippen molar-refractivity contribution in [3.05, 3.63) is 17.3 Å². The number of aromatic nitrogens is 1. The van der Waals surface area contributed by atoms with Crippen LogP contribution in [0, 0.1) is 11.3 Å². The van der Waals surface area contributed by atoms with E-state index in [1.165, 1.54) is 0 Å². The van der Waals surface area contributed by atoms with E-state index in [9.17, 15) is 8.78 Å². The molecule has 13 heavy (non-hydrogen) atoms. The first-order chi connectivity index (χ1) is 6.07. The lowest BCUT2D eigenvalue weighted by Gasteiger charge is -2.07. The summed E-state index contributed by atoms with van der Waals surface area (Å²) in [5.74, 6) is -0.341. The Kier molecular flexibility index (Phi) is 2.28. The summed E-state index contributed by atoms with van der Waals surface area (Å²) in [6, 6.07) is 1.64. The summed E-state index contributed by atoms with van der Waals surface area (Å²) in [6.45, 7) is 0. The number of pyridine rings is 1. The number of halogens is 2. The van der Waals surface area contributed by atoms with Crippen molar-refractivity contribution in [2.45, 2.75) is 6.43 Å². The molecule has 0 bridgehead atoms. The molecule has 1 aromatic heterocycles. The van der Waals surface area contributed by atoms with Crippen molar-refractivity contribution in [2.75, 3.05) is 11.5 Å². The highest BCUT2D eigenvalue weighted by Gasteiger charge is 2.18. The van der Waals surface area contributed by atoms with Gasteiger partial charge in [0.2, 0.25) is 0 Å². The summed E-state index contributed by atoms with van der Waals surface area (Å²) in [7, 11) is 0. The molecule has 68 valence electrons. The van der Waals surface area contributed by atoms with E-state index in [1.807, 2.05) is 0 Å². The molecule has 0 radical (unpaired) electrons. The van der Waals surface area contributed by atoms with Crippen molar-refractivity contribution in [1.29, 1.82) is 5.26 Å². The number of nitrogen functional groups attached to an aromatic ring is 2. The van der Waals surface area contributed by atoms with E-state index >= 15 is 0 Å². The third-order valence-corrected chi connectivity index (χ3v) is 1.53. The molecule has 0 saturated heterocycles. The third-order valence-electron chi connectivity index (χ3n) is 1.53. The Balaban J connectivity index is 3.41. The smallest absolute Gasteiger partial charge is 0.269 e. The van der Waals surface area contributed by atoms with Crippen LogP contribution in [0.3, 0.4) is 0 Å². The molecule has 1 aromatic rings. The maximum absolute atomic E-state index is 12.3. The summed E-state index contributed by atoms with van der Waals surface area (Å²) in [6.07, 6.45) is -1.75. The van der Waals surface area contributed by atoms with E-state index in [0.29, 0.717) is 0 Å². The molecule has 0 aliphatic rings. The lowest BCUT2D eigenvalue weighted by molar-refractivity contribution is 0.152. The Hall–Kier alpha value is -1.90. The SMILES string of the molecule is N#Cc1cnc(N)c(C(F)F)c1N. The van der Waals surface area contributed by atoms with Crippen LogP contribution in [0.2, 0.25) is 0 Å². The summed E-state index contributed by atoms with van der Waals surface area (Å²) in [5, 5.41) is 8.46. The quantitative estimate of drug-likeness (QED) is 0.682. The van der Waals surface area contributed by atoms with Crippen LogP contribution in [0.15, 0.2) is 6.20 Å². The Morgan fingerprint density at radius 2 is 2.08 bits per heavy atom. The average molecular weight is 184 g/mol. The van der Waals surface area contributed by atoms with Crippen molar-refractivity contribution < 1.29 is 8.78 Å². The highest BCUT2D eigenvalue weighted by atomic mass is 19.3. The van der Waals surface area contributed by atoms with Crippen LogP contribution in [-0.2, 0) is 0 Å². The van der Waals surface area contributed by atoms with E-state index in [1.54, 1.807) is 6.07 Å². The van der Waals surface area contributed by atoms with E-state index in [0.717, 1.165) is 6.20 Å². The molecular weight excluding hydrogens is 178 g/mol. The molecule has 0 fully saturated rings. The highest BCUT2D eigenvalue weighted by Crippen LogP contribution is 2.30. The molecule has 0 unspecified atom stereocenters. The van der Waals surface area contributed by atoms with Gasteiger partial charge in [0, 0.05) is 6.20 Å². The van der Waals surface area contributed by atoms with Crippen LogP contribution in [0.5, 0.6) is 0 Å². The number of nitrogens with two attached hydrogens (primary N) is 2. The van der Waals surface area contributed by atoms with E-state index < -0.39 is 12.0 Å². The first kappa shape index (κ1) is 9.19. The topological polar surface area (TPSA) is 88.7 Å². The molecule has 0 saturated carbocycles. The molecule has 0 atom stereocenters. The molecule has 1 heterocycles. The number of hydrogen-bond acceptors (Lipinski definition) is 4. The van der Waals surface area contributed by atoms with Crippen LogP contribution in [0.25, 0.3) is 0 Å². The number of alkyl halides is 2. The van der Waals surface area contributed by atoms with Gasteiger partial charge in [0.25, 0.3) is 6.43 Å². The highest BCUT2D eigenvalue weighted by molar-refractivity contribution is 5.65. The van der Waals surface area contributed by atoms with Gasteiger partial charge in [0.05, 0.1) is 16.8 Å². The Morgan fingerprint density at radius 1 is 1.46 bits per heavy atom. The van der Waals surface area contributed by atoms with E-state index in [-0.39, 0.29) is 17.1 Å². The normalized spacial score (nSPS) is 10.0. The Bertz CT molecular complexity index is 369. The zero-order chi connectivity index (χ0) is 10.0. The number of nitrogens with zero attached hydrogens (tertiary/aromatic N) is 2. The molecule has 0 aromatic carbocycles. The fraction of sp³-hybridized carbons (Fsp3) is 0.143. The zero-order valence-corrected chi connectivity index (χ0v) is 6.46. The molecule has 0 aliphatic carbocycles. The molecule has 6 heteroatoms. The van der Waals surface area contributed by atoms with Gasteiger partial charge >= 0.3 is 0 Å². The van der Waals surface area contributed by atoms with Crippen LogP contribution in [-0.4, -0.2) is 4.98 Å². The van der Waals surface area contributed by atoms with Gasteiger partial charge in [-0.2, -0.15) is 5.26 Å². The van der Waals surface area contributed by atoms with Gasteiger partial charge in [-0.25, -0.2) is 13.8 Å². The van der Waals surface area contributed by atoms with Gasteiger partial charge in [0.15, 0.2) is 0 Å². The van der Waals surface area contributed by atoms with Gasteiger partial charge in [-0.15, -0.1) is 0 Å². The van der Waals surface area contributed by atoms with Crippen LogP contribution in [0.4, 0.5) is 20.3 Å². The maximum atomic E-state index is 12.3. The van der Waals surface area contributed by atoms with Crippen molar-refractivity contribution in [2.24, 2.45) is 0 Å². The van der Waals surface area contributed by atoms with Crippen molar-refractivity contribution in [1.82, 2.24) is 4.98 Å². The molecule has 0 spiro atoms. The lowest BCUT2D eigenvalue weighted by Crippen LogP contribution is -2.05. The van der Waals surface area contributed by atoms with E-state index in [2.05, 4.69) is 4.98 Å². The number of nitriles is 1. The molecule has 4 N–H and O–H groups in total. The number of anilines is 2. The largest absolute Gasteiger partial charge is 0.397 e. The average Bonchev–Trinajstić information content (AvgIpc) is 2.04. The van der Waals surface area contributed by atoms with Crippen molar-refractivity contribution in [3.63, 3.8) is 0 Å². The van der Waals surface area contributed by atoms with Gasteiger partial charge in [0.1, 0.15) is 11.9 Å². The monoisotopic (exact) mass is 184 g/mol. The first-order valence-corrected chi connectivity index (χ1v) is 3.30. The Labute approximate surface area is 72.8 Å². The molecular formula is C7H6F2N4. The van der Waals surface area contributed by atoms with Gasteiger partial charge in [-0.3, -0.25) is 0 Å². The summed E-state index contributed by atoms with van der Waals surface area (Å²) in [5.41, 5.74) is 9.47. The molecule has 4 nitrogen and oxygen atoms in total. The van der Waals surface area contributed by atoms with Crippen LogP contribution < -0.4 is 11.5 Å². The minimum Gasteiger partial charge on any atom is -0.397 e. The molecule has 0 amide bonds. The standard InChI is InChI=1S/C7H6F2N4/c8-6(9)4-5(11)3(1-10)2-13-7(4)12/h2,6H,(H4,11,12,13). The minimum absolute atomic E-state index is 0.0931. The van der Waals surface area contributed by atoms with Crippen molar-refractivity contribution >= 4 is 11.5 Å². The minimum atomic E-state index is -2.82.